The van der Waals surface area contributed by atoms with Gasteiger partial charge >= 0.3 is 0 Å². The number of benzene rings is 1. The number of piperidine rings is 1. The number of likely N-dealkylation sites (tertiary alicyclic amines) is 1. The average Bonchev–Trinajstić information content (AvgIpc) is 3.03. The van der Waals surface area contributed by atoms with Gasteiger partial charge in [-0.3, -0.25) is 14.4 Å². The molecule has 1 fully saturated rings. The number of fused-ring (bicyclic) bond motifs is 1. The predicted octanol–water partition coefficient (Wildman–Crippen LogP) is 3.81. The Morgan fingerprint density at radius 2 is 1.93 bits per heavy atom. The molecule has 2 aromatic rings. The van der Waals surface area contributed by atoms with Crippen LogP contribution in [0.5, 0.6) is 0 Å². The molecule has 2 aliphatic rings. The molecule has 1 atom stereocenters. The fourth-order valence-electron chi connectivity index (χ4n) is 4.42. The van der Waals surface area contributed by atoms with Gasteiger partial charge < -0.3 is 10.4 Å². The number of aryl methyl sites for hydroxylation is 1. The van der Waals surface area contributed by atoms with Crippen LogP contribution in [-0.4, -0.2) is 44.9 Å². The number of aromatic nitrogens is 2. The first-order valence-electron chi connectivity index (χ1n) is 10.0. The number of anilines is 1. The van der Waals surface area contributed by atoms with Crippen molar-refractivity contribution in [1.29, 1.82) is 0 Å². The third-order valence-corrected chi connectivity index (χ3v) is 6.93. The standard InChI is InChI=1S/C21H27BrN4O2/c1-13-16(22)5-3-6-17(13)23-21(28)19-14(2)20-18(7-4-10-26(20)24-19)25-11-8-15(27)9-12-25/h3,5-6,15,18,27H,4,7-12H2,1-2H3,(H,23,28)/t18-/m0/s1. The van der Waals surface area contributed by atoms with Crippen molar-refractivity contribution in [1.82, 2.24) is 14.7 Å². The van der Waals surface area contributed by atoms with Gasteiger partial charge in [0.25, 0.3) is 5.91 Å². The highest BCUT2D eigenvalue weighted by molar-refractivity contribution is 9.10. The highest BCUT2D eigenvalue weighted by Crippen LogP contribution is 2.35. The summed E-state index contributed by atoms with van der Waals surface area (Å²) in [5.74, 6) is -0.159. The topological polar surface area (TPSA) is 70.4 Å². The number of amides is 1. The van der Waals surface area contributed by atoms with Crippen molar-refractivity contribution in [2.24, 2.45) is 0 Å². The number of hydrogen-bond acceptors (Lipinski definition) is 4. The highest BCUT2D eigenvalue weighted by Gasteiger charge is 2.33. The molecule has 0 bridgehead atoms. The molecule has 0 saturated carbocycles. The van der Waals surface area contributed by atoms with Crippen LogP contribution in [0.25, 0.3) is 0 Å². The number of nitrogens with zero attached hydrogens (tertiary/aromatic N) is 3. The monoisotopic (exact) mass is 446 g/mol. The molecule has 0 unspecified atom stereocenters. The van der Waals surface area contributed by atoms with Crippen LogP contribution >= 0.6 is 15.9 Å². The summed E-state index contributed by atoms with van der Waals surface area (Å²) in [5, 5.41) is 17.5. The summed E-state index contributed by atoms with van der Waals surface area (Å²) in [6, 6.07) is 6.07. The van der Waals surface area contributed by atoms with Gasteiger partial charge in [0.1, 0.15) is 0 Å². The lowest BCUT2D eigenvalue weighted by Crippen LogP contribution is -2.40. The third-order valence-electron chi connectivity index (χ3n) is 6.07. The summed E-state index contributed by atoms with van der Waals surface area (Å²) in [6.07, 6.45) is 3.59. The van der Waals surface area contributed by atoms with Crippen molar-refractivity contribution in [3.63, 3.8) is 0 Å². The van der Waals surface area contributed by atoms with Crippen LogP contribution in [0.2, 0.25) is 0 Å². The molecule has 28 heavy (non-hydrogen) atoms. The minimum Gasteiger partial charge on any atom is -0.393 e. The number of aliphatic hydroxyl groups excluding tert-OH is 1. The molecule has 150 valence electrons. The first kappa shape index (κ1) is 19.6. The number of carbonyl (C=O) groups is 1. The Morgan fingerprint density at radius 1 is 1.18 bits per heavy atom. The summed E-state index contributed by atoms with van der Waals surface area (Å²) in [5.41, 5.74) is 4.45. The van der Waals surface area contributed by atoms with Gasteiger partial charge in [0, 0.05) is 35.4 Å². The molecule has 7 heteroatoms. The molecule has 1 amide bonds. The van der Waals surface area contributed by atoms with Crippen molar-refractivity contribution in [3.05, 3.63) is 45.2 Å². The number of hydrogen-bond donors (Lipinski definition) is 2. The molecule has 1 aromatic heterocycles. The lowest BCUT2D eigenvalue weighted by Gasteiger charge is -2.38. The second-order valence-corrected chi connectivity index (χ2v) is 8.73. The third kappa shape index (κ3) is 3.63. The van der Waals surface area contributed by atoms with E-state index in [2.05, 4.69) is 31.2 Å². The summed E-state index contributed by atoms with van der Waals surface area (Å²) < 4.78 is 3.00. The summed E-state index contributed by atoms with van der Waals surface area (Å²) in [4.78, 5) is 15.4. The van der Waals surface area contributed by atoms with Crippen molar-refractivity contribution in [2.75, 3.05) is 18.4 Å². The smallest absolute Gasteiger partial charge is 0.276 e. The molecule has 1 aromatic carbocycles. The van der Waals surface area contributed by atoms with Gasteiger partial charge in [-0.15, -0.1) is 0 Å². The quantitative estimate of drug-likeness (QED) is 0.751. The average molecular weight is 447 g/mol. The Balaban J connectivity index is 1.60. The summed E-state index contributed by atoms with van der Waals surface area (Å²) >= 11 is 3.51. The lowest BCUT2D eigenvalue weighted by molar-refractivity contribution is 0.0510. The highest BCUT2D eigenvalue weighted by atomic mass is 79.9. The minimum atomic E-state index is -0.180. The SMILES string of the molecule is Cc1c(Br)cccc1NC(=O)c1nn2c(c1C)[C@@H](N1CCC(O)CC1)CCC2. The first-order valence-corrected chi connectivity index (χ1v) is 10.8. The molecule has 2 aliphatic heterocycles. The van der Waals surface area contributed by atoms with E-state index in [-0.39, 0.29) is 18.1 Å². The van der Waals surface area contributed by atoms with E-state index < -0.39 is 0 Å². The van der Waals surface area contributed by atoms with E-state index in [1.807, 2.05) is 36.7 Å². The zero-order valence-electron chi connectivity index (χ0n) is 16.4. The van der Waals surface area contributed by atoms with Gasteiger partial charge in [-0.1, -0.05) is 22.0 Å². The molecule has 0 aliphatic carbocycles. The van der Waals surface area contributed by atoms with Crippen LogP contribution in [-0.2, 0) is 6.54 Å². The van der Waals surface area contributed by atoms with E-state index >= 15 is 0 Å². The second-order valence-electron chi connectivity index (χ2n) is 7.87. The molecule has 4 rings (SSSR count). The fourth-order valence-corrected chi connectivity index (χ4v) is 4.79. The number of rotatable bonds is 3. The van der Waals surface area contributed by atoms with Crippen molar-refractivity contribution >= 4 is 27.5 Å². The molecule has 6 nitrogen and oxygen atoms in total. The van der Waals surface area contributed by atoms with Crippen LogP contribution in [0.1, 0.15) is 59.0 Å². The second kappa shape index (κ2) is 7.97. The van der Waals surface area contributed by atoms with E-state index in [0.29, 0.717) is 5.69 Å². The molecule has 1 saturated heterocycles. The Hall–Kier alpha value is -1.70. The molecular weight excluding hydrogens is 420 g/mol. The van der Waals surface area contributed by atoms with Crippen molar-refractivity contribution < 1.29 is 9.90 Å². The largest absolute Gasteiger partial charge is 0.393 e. The van der Waals surface area contributed by atoms with Crippen LogP contribution in [0.3, 0.4) is 0 Å². The van der Waals surface area contributed by atoms with E-state index in [0.717, 1.165) is 66.6 Å². The van der Waals surface area contributed by atoms with Gasteiger partial charge in [-0.05, 0) is 57.2 Å². The number of aliphatic hydroxyl groups is 1. The van der Waals surface area contributed by atoms with Crippen molar-refractivity contribution in [2.45, 2.75) is 58.2 Å². The Bertz CT molecular complexity index is 887. The normalized spacial score (nSPS) is 20.8. The Kier molecular flexibility index (Phi) is 5.58. The summed E-state index contributed by atoms with van der Waals surface area (Å²) in [6.45, 7) is 6.64. The van der Waals surface area contributed by atoms with E-state index in [1.165, 1.54) is 5.69 Å². The Morgan fingerprint density at radius 3 is 2.68 bits per heavy atom. The van der Waals surface area contributed by atoms with Gasteiger partial charge in [0.15, 0.2) is 5.69 Å². The Labute approximate surface area is 174 Å². The van der Waals surface area contributed by atoms with E-state index in [4.69, 9.17) is 0 Å². The predicted molar refractivity (Wildman–Crippen MR) is 113 cm³/mol. The van der Waals surface area contributed by atoms with Gasteiger partial charge in [0.2, 0.25) is 0 Å². The molecule has 3 heterocycles. The summed E-state index contributed by atoms with van der Waals surface area (Å²) in [7, 11) is 0. The van der Waals surface area contributed by atoms with Gasteiger partial charge in [-0.25, -0.2) is 0 Å². The number of carbonyl (C=O) groups excluding carboxylic acids is 1. The maximum Gasteiger partial charge on any atom is 0.276 e. The zero-order valence-corrected chi connectivity index (χ0v) is 18.0. The maximum absolute atomic E-state index is 13.0. The first-order chi connectivity index (χ1) is 13.5. The zero-order chi connectivity index (χ0) is 19.8. The van der Waals surface area contributed by atoms with Crippen LogP contribution in [0, 0.1) is 13.8 Å². The minimum absolute atomic E-state index is 0.159. The fraction of sp³-hybridized carbons (Fsp3) is 0.524. The molecular formula is C21H27BrN4O2. The number of halogens is 1. The van der Waals surface area contributed by atoms with E-state index in [9.17, 15) is 9.90 Å². The van der Waals surface area contributed by atoms with Crippen LogP contribution in [0.4, 0.5) is 5.69 Å². The van der Waals surface area contributed by atoms with Gasteiger partial charge in [0.05, 0.1) is 17.8 Å². The van der Waals surface area contributed by atoms with E-state index in [1.54, 1.807) is 0 Å². The molecule has 0 spiro atoms. The lowest BCUT2D eigenvalue weighted by atomic mass is 9.95. The maximum atomic E-state index is 13.0. The van der Waals surface area contributed by atoms with Crippen LogP contribution < -0.4 is 5.32 Å². The van der Waals surface area contributed by atoms with Crippen LogP contribution in [0.15, 0.2) is 22.7 Å². The number of nitrogens with one attached hydrogen (secondary N) is 1. The van der Waals surface area contributed by atoms with Gasteiger partial charge in [-0.2, -0.15) is 5.10 Å². The molecule has 2 N–H and O–H groups in total. The van der Waals surface area contributed by atoms with Crippen molar-refractivity contribution in [3.8, 4) is 0 Å². The molecule has 0 radical (unpaired) electrons.